The molecule has 1 atom stereocenters. The summed E-state index contributed by atoms with van der Waals surface area (Å²) in [5.41, 5.74) is 0. The number of carbonyl (C=O) groups excluding carboxylic acids is 3. The number of nitrogens with one attached hydrogen (secondary N) is 1. The van der Waals surface area contributed by atoms with Crippen molar-refractivity contribution in [3.8, 4) is 0 Å². The van der Waals surface area contributed by atoms with Crippen molar-refractivity contribution in [3.63, 3.8) is 0 Å². The van der Waals surface area contributed by atoms with Crippen LogP contribution in [0.1, 0.15) is 34.6 Å². The van der Waals surface area contributed by atoms with E-state index in [0.29, 0.717) is 0 Å². The summed E-state index contributed by atoms with van der Waals surface area (Å²) in [5, 5.41) is 2.66. The molecule has 0 fully saturated rings. The van der Waals surface area contributed by atoms with Gasteiger partial charge in [-0.1, -0.05) is 13.8 Å². The highest BCUT2D eigenvalue weighted by Crippen LogP contribution is 2.15. The lowest BCUT2D eigenvalue weighted by Gasteiger charge is -2.27. The SMILES string of the molecule is CC(=O)NC(C(C)C)C(C(C)=O)C(C)=O. The number of hydrogen-bond donors (Lipinski definition) is 1. The molecular formula is C11H19NO3. The van der Waals surface area contributed by atoms with E-state index in [1.54, 1.807) is 0 Å². The van der Waals surface area contributed by atoms with Crippen LogP contribution in [0.15, 0.2) is 0 Å². The minimum atomic E-state index is -0.728. The summed E-state index contributed by atoms with van der Waals surface area (Å²) >= 11 is 0. The van der Waals surface area contributed by atoms with Gasteiger partial charge in [-0.3, -0.25) is 14.4 Å². The second kappa shape index (κ2) is 5.63. The van der Waals surface area contributed by atoms with Gasteiger partial charge >= 0.3 is 0 Å². The Balaban J connectivity index is 4.92. The third-order valence-corrected chi connectivity index (χ3v) is 2.32. The summed E-state index contributed by atoms with van der Waals surface area (Å²) in [6.45, 7) is 7.89. The predicted molar refractivity (Wildman–Crippen MR) is 57.3 cm³/mol. The summed E-state index contributed by atoms with van der Waals surface area (Å²) in [5.74, 6) is -1.30. The van der Waals surface area contributed by atoms with Crippen LogP contribution >= 0.6 is 0 Å². The Hall–Kier alpha value is -1.19. The lowest BCUT2D eigenvalue weighted by molar-refractivity contribution is -0.132. The Kier molecular flexibility index (Phi) is 5.19. The highest BCUT2D eigenvalue weighted by Gasteiger charge is 2.32. The number of amides is 1. The average molecular weight is 213 g/mol. The Morgan fingerprint density at radius 2 is 1.33 bits per heavy atom. The first-order valence-corrected chi connectivity index (χ1v) is 5.05. The topological polar surface area (TPSA) is 63.2 Å². The Morgan fingerprint density at radius 1 is 0.933 bits per heavy atom. The lowest BCUT2D eigenvalue weighted by Crippen LogP contribution is -2.48. The third kappa shape index (κ3) is 4.23. The average Bonchev–Trinajstić information content (AvgIpc) is 2.00. The zero-order valence-corrected chi connectivity index (χ0v) is 9.96. The lowest BCUT2D eigenvalue weighted by atomic mass is 9.85. The molecule has 0 heterocycles. The van der Waals surface area contributed by atoms with E-state index in [4.69, 9.17) is 0 Å². The molecule has 0 spiro atoms. The first kappa shape index (κ1) is 13.8. The van der Waals surface area contributed by atoms with Gasteiger partial charge in [0.05, 0.1) is 5.92 Å². The molecule has 4 heteroatoms. The van der Waals surface area contributed by atoms with Crippen molar-refractivity contribution >= 4 is 17.5 Å². The van der Waals surface area contributed by atoms with Gasteiger partial charge in [0.25, 0.3) is 0 Å². The summed E-state index contributed by atoms with van der Waals surface area (Å²) in [6.07, 6.45) is 0. The smallest absolute Gasteiger partial charge is 0.217 e. The predicted octanol–water partition coefficient (Wildman–Crippen LogP) is 0.941. The van der Waals surface area contributed by atoms with Crippen molar-refractivity contribution in [1.29, 1.82) is 0 Å². The number of rotatable bonds is 5. The maximum absolute atomic E-state index is 11.3. The Labute approximate surface area is 90.4 Å². The molecule has 0 saturated carbocycles. The fraction of sp³-hybridized carbons (Fsp3) is 0.727. The van der Waals surface area contributed by atoms with Crippen molar-refractivity contribution < 1.29 is 14.4 Å². The molecule has 0 radical (unpaired) electrons. The molecule has 0 rings (SSSR count). The van der Waals surface area contributed by atoms with E-state index in [9.17, 15) is 14.4 Å². The molecule has 0 aliphatic rings. The number of carbonyl (C=O) groups is 3. The highest BCUT2D eigenvalue weighted by molar-refractivity contribution is 6.01. The number of Topliss-reactive ketones (excluding diaryl/α,β-unsaturated/α-hetero) is 2. The highest BCUT2D eigenvalue weighted by atomic mass is 16.2. The van der Waals surface area contributed by atoms with E-state index >= 15 is 0 Å². The normalized spacial score (nSPS) is 12.7. The molecule has 4 nitrogen and oxygen atoms in total. The van der Waals surface area contributed by atoms with Gasteiger partial charge in [-0.25, -0.2) is 0 Å². The molecule has 0 aromatic heterocycles. The van der Waals surface area contributed by atoms with Crippen LogP contribution < -0.4 is 5.32 Å². The maximum Gasteiger partial charge on any atom is 0.217 e. The van der Waals surface area contributed by atoms with E-state index < -0.39 is 12.0 Å². The van der Waals surface area contributed by atoms with Crippen LogP contribution in [0.4, 0.5) is 0 Å². The second-order valence-electron chi connectivity index (χ2n) is 4.17. The van der Waals surface area contributed by atoms with Gasteiger partial charge in [0.1, 0.15) is 11.6 Å². The molecular weight excluding hydrogens is 194 g/mol. The quantitative estimate of drug-likeness (QED) is 0.691. The zero-order chi connectivity index (χ0) is 12.2. The first-order chi connectivity index (χ1) is 6.77. The minimum absolute atomic E-state index is 0.0479. The Morgan fingerprint density at radius 3 is 1.53 bits per heavy atom. The molecule has 1 amide bonds. The van der Waals surface area contributed by atoms with Crippen LogP contribution in [0.2, 0.25) is 0 Å². The van der Waals surface area contributed by atoms with Crippen molar-refractivity contribution in [2.24, 2.45) is 11.8 Å². The van der Waals surface area contributed by atoms with Crippen molar-refractivity contribution in [2.75, 3.05) is 0 Å². The molecule has 0 saturated heterocycles. The molecule has 15 heavy (non-hydrogen) atoms. The molecule has 86 valence electrons. The van der Waals surface area contributed by atoms with Crippen molar-refractivity contribution in [3.05, 3.63) is 0 Å². The number of ketones is 2. The van der Waals surface area contributed by atoms with E-state index in [0.717, 1.165) is 0 Å². The third-order valence-electron chi connectivity index (χ3n) is 2.32. The van der Waals surface area contributed by atoms with Gasteiger partial charge in [-0.05, 0) is 19.8 Å². The van der Waals surface area contributed by atoms with Crippen LogP contribution in [0.25, 0.3) is 0 Å². The van der Waals surface area contributed by atoms with Gasteiger partial charge in [0.2, 0.25) is 5.91 Å². The molecule has 0 aliphatic carbocycles. The van der Waals surface area contributed by atoms with Crippen LogP contribution in [0.3, 0.4) is 0 Å². The summed E-state index contributed by atoms with van der Waals surface area (Å²) < 4.78 is 0. The fourth-order valence-corrected chi connectivity index (χ4v) is 1.66. The van der Waals surface area contributed by atoms with Gasteiger partial charge in [0.15, 0.2) is 0 Å². The minimum Gasteiger partial charge on any atom is -0.352 e. The van der Waals surface area contributed by atoms with Crippen LogP contribution in [0.5, 0.6) is 0 Å². The first-order valence-electron chi connectivity index (χ1n) is 5.05. The monoisotopic (exact) mass is 213 g/mol. The second-order valence-corrected chi connectivity index (χ2v) is 4.17. The van der Waals surface area contributed by atoms with Gasteiger partial charge in [-0.2, -0.15) is 0 Å². The molecule has 0 aromatic carbocycles. The largest absolute Gasteiger partial charge is 0.352 e. The molecule has 0 bridgehead atoms. The van der Waals surface area contributed by atoms with Crippen molar-refractivity contribution in [2.45, 2.75) is 40.7 Å². The van der Waals surface area contributed by atoms with Gasteiger partial charge < -0.3 is 5.32 Å². The molecule has 0 aliphatic heterocycles. The van der Waals surface area contributed by atoms with E-state index in [1.807, 2.05) is 13.8 Å². The van der Waals surface area contributed by atoms with Gasteiger partial charge in [0, 0.05) is 13.0 Å². The molecule has 0 aromatic rings. The Bertz CT molecular complexity index is 257. The van der Waals surface area contributed by atoms with E-state index in [-0.39, 0.29) is 23.4 Å². The van der Waals surface area contributed by atoms with Crippen LogP contribution in [-0.2, 0) is 14.4 Å². The van der Waals surface area contributed by atoms with Crippen LogP contribution in [0, 0.1) is 11.8 Å². The van der Waals surface area contributed by atoms with E-state index in [2.05, 4.69) is 5.32 Å². The standard InChI is InChI=1S/C11H19NO3/c1-6(2)11(12-9(5)15)10(7(3)13)8(4)14/h6,10-11H,1-5H3,(H,12,15). The maximum atomic E-state index is 11.3. The zero-order valence-electron chi connectivity index (χ0n) is 9.96. The fourth-order valence-electron chi connectivity index (χ4n) is 1.66. The summed E-state index contributed by atoms with van der Waals surface area (Å²) in [7, 11) is 0. The van der Waals surface area contributed by atoms with Gasteiger partial charge in [-0.15, -0.1) is 0 Å². The van der Waals surface area contributed by atoms with Crippen LogP contribution in [-0.4, -0.2) is 23.5 Å². The summed E-state index contributed by atoms with van der Waals surface area (Å²) in [4.78, 5) is 33.7. The molecule has 1 N–H and O–H groups in total. The summed E-state index contributed by atoms with van der Waals surface area (Å²) in [6, 6.07) is -0.405. The van der Waals surface area contributed by atoms with Crippen molar-refractivity contribution in [1.82, 2.24) is 5.32 Å². The number of hydrogen-bond acceptors (Lipinski definition) is 3. The van der Waals surface area contributed by atoms with E-state index in [1.165, 1.54) is 20.8 Å². The molecule has 1 unspecified atom stereocenters.